The molecule has 0 amide bonds. The summed E-state index contributed by atoms with van der Waals surface area (Å²) in [5.41, 5.74) is 1.16. The molecule has 1 heterocycles. The summed E-state index contributed by atoms with van der Waals surface area (Å²) in [6, 6.07) is 16.9. The Morgan fingerprint density at radius 1 is 0.857 bits per heavy atom. The Morgan fingerprint density at radius 3 is 2.64 bits per heavy atom. The molecule has 0 aliphatic carbocycles. The van der Waals surface area contributed by atoms with Crippen LogP contribution in [-0.4, -0.2) is 15.3 Å². The van der Waals surface area contributed by atoms with Crippen molar-refractivity contribution in [2.45, 2.75) is 0 Å². The van der Waals surface area contributed by atoms with Crippen LogP contribution < -0.4 is 9.71 Å². The molecular formula is C12H8AsN. The van der Waals surface area contributed by atoms with Gasteiger partial charge in [-0.05, 0) is 0 Å². The number of hydrogen-bond donors (Lipinski definition) is 0. The summed E-state index contributed by atoms with van der Waals surface area (Å²) >= 11 is 0.133. The van der Waals surface area contributed by atoms with Crippen molar-refractivity contribution >= 4 is 25.3 Å². The minimum atomic E-state index is 0.133. The molecule has 14 heavy (non-hydrogen) atoms. The first-order valence-corrected chi connectivity index (χ1v) is 6.43. The van der Waals surface area contributed by atoms with E-state index in [4.69, 9.17) is 0 Å². The number of para-hydroxylation sites is 2. The van der Waals surface area contributed by atoms with Crippen LogP contribution in [0, 0.1) is 3.95 Å². The first-order chi connectivity index (χ1) is 6.93. The second-order valence-corrected chi connectivity index (χ2v) is 5.69. The van der Waals surface area contributed by atoms with Crippen molar-refractivity contribution < 1.29 is 0 Å². The first-order valence-electron chi connectivity index (χ1n) is 4.55. The number of benzene rings is 2. The molecule has 66 valence electrons. The average Bonchev–Trinajstić information content (AvgIpc) is 2.26. The predicted molar refractivity (Wildman–Crippen MR) is 57.9 cm³/mol. The van der Waals surface area contributed by atoms with Gasteiger partial charge in [-0.15, -0.1) is 0 Å². The monoisotopic (exact) mass is 241 g/mol. The maximum absolute atomic E-state index is 4.63. The van der Waals surface area contributed by atoms with E-state index in [1.54, 1.807) is 0 Å². The van der Waals surface area contributed by atoms with Gasteiger partial charge >= 0.3 is 88.2 Å². The van der Waals surface area contributed by atoms with Crippen LogP contribution in [-0.2, 0) is 0 Å². The molecular weight excluding hydrogens is 233 g/mol. The molecule has 0 N–H and O–H groups in total. The molecule has 2 aromatic carbocycles. The summed E-state index contributed by atoms with van der Waals surface area (Å²) in [4.78, 5) is 4.63. The van der Waals surface area contributed by atoms with Crippen molar-refractivity contribution in [3.05, 3.63) is 57.8 Å². The van der Waals surface area contributed by atoms with E-state index in [-0.39, 0.29) is 15.3 Å². The van der Waals surface area contributed by atoms with Crippen LogP contribution in [0.4, 0.5) is 5.69 Å². The van der Waals surface area contributed by atoms with Crippen molar-refractivity contribution in [3.8, 4) is 0 Å². The summed E-state index contributed by atoms with van der Waals surface area (Å²) in [6.07, 6.45) is 0. The van der Waals surface area contributed by atoms with Crippen LogP contribution >= 0.6 is 0 Å². The van der Waals surface area contributed by atoms with Crippen LogP contribution in [0.1, 0.15) is 0 Å². The third-order valence-electron chi connectivity index (χ3n) is 2.25. The Hall–Kier alpha value is -1.20. The third kappa shape index (κ3) is 1.25. The van der Waals surface area contributed by atoms with Gasteiger partial charge in [-0.3, -0.25) is 0 Å². The molecule has 0 atom stereocenters. The topological polar surface area (TPSA) is 12.4 Å². The van der Waals surface area contributed by atoms with Crippen molar-refractivity contribution in [2.75, 3.05) is 0 Å². The third-order valence-corrected chi connectivity index (χ3v) is 4.84. The Labute approximate surface area is 88.3 Å². The summed E-state index contributed by atoms with van der Waals surface area (Å²) < 4.78 is 2.84. The number of nitrogens with zero attached hydrogens (tertiary/aromatic N) is 1. The molecule has 2 heteroatoms. The number of hydrogen-bond acceptors (Lipinski definition) is 1. The molecule has 1 aliphatic rings. The molecule has 3 rings (SSSR count). The van der Waals surface area contributed by atoms with E-state index < -0.39 is 0 Å². The van der Waals surface area contributed by atoms with E-state index in [0.717, 1.165) is 11.0 Å². The van der Waals surface area contributed by atoms with Gasteiger partial charge in [-0.2, -0.15) is 0 Å². The van der Waals surface area contributed by atoms with Crippen LogP contribution in [0.25, 0.3) is 0 Å². The van der Waals surface area contributed by atoms with Gasteiger partial charge in [0.05, 0.1) is 0 Å². The van der Waals surface area contributed by atoms with Crippen LogP contribution in [0.2, 0.25) is 0 Å². The summed E-state index contributed by atoms with van der Waals surface area (Å²) in [5.74, 6) is 0. The van der Waals surface area contributed by atoms with Gasteiger partial charge in [0.15, 0.2) is 0 Å². The van der Waals surface area contributed by atoms with Crippen LogP contribution in [0.3, 0.4) is 0 Å². The zero-order valence-electron chi connectivity index (χ0n) is 7.51. The minimum absolute atomic E-state index is 0.133. The summed E-state index contributed by atoms with van der Waals surface area (Å²) in [7, 11) is 0. The average molecular weight is 241 g/mol. The first kappa shape index (κ1) is 8.14. The van der Waals surface area contributed by atoms with Crippen LogP contribution in [0.5, 0.6) is 0 Å². The zero-order chi connectivity index (χ0) is 9.38. The molecule has 0 radical (unpaired) electrons. The molecule has 0 saturated heterocycles. The fourth-order valence-electron chi connectivity index (χ4n) is 1.57. The van der Waals surface area contributed by atoms with Gasteiger partial charge in [0.2, 0.25) is 0 Å². The van der Waals surface area contributed by atoms with Crippen molar-refractivity contribution in [3.63, 3.8) is 0 Å². The van der Waals surface area contributed by atoms with Crippen molar-refractivity contribution in [1.29, 1.82) is 0 Å². The van der Waals surface area contributed by atoms with E-state index in [0.29, 0.717) is 0 Å². The standard InChI is InChI=1S/C12H8AsN/c1-3-7-11-9(5-1)13-10-6-2-4-8-12(10)14-11/h1-8H. The van der Waals surface area contributed by atoms with Gasteiger partial charge in [-0.25, -0.2) is 0 Å². The van der Waals surface area contributed by atoms with Gasteiger partial charge in [0, 0.05) is 0 Å². The molecule has 0 fully saturated rings. The van der Waals surface area contributed by atoms with Crippen molar-refractivity contribution in [2.24, 2.45) is 4.99 Å². The van der Waals surface area contributed by atoms with Crippen LogP contribution in [0.15, 0.2) is 53.5 Å². The molecule has 2 aromatic rings. The summed E-state index contributed by atoms with van der Waals surface area (Å²) in [5, 5.41) is 1.16. The molecule has 1 aliphatic heterocycles. The SMILES string of the molecule is c1ccc2c(c1)N=c1ccccc1=[As]2. The van der Waals surface area contributed by atoms with E-state index in [1.807, 2.05) is 0 Å². The normalized spacial score (nSPS) is 13.1. The molecule has 0 bridgehead atoms. The quantitative estimate of drug-likeness (QED) is 0.525. The Morgan fingerprint density at radius 2 is 1.64 bits per heavy atom. The Balaban J connectivity index is 2.42. The summed E-state index contributed by atoms with van der Waals surface area (Å²) in [6.45, 7) is 0. The zero-order valence-corrected chi connectivity index (χ0v) is 9.39. The predicted octanol–water partition coefficient (Wildman–Crippen LogP) is 1.23. The van der Waals surface area contributed by atoms with Crippen molar-refractivity contribution in [1.82, 2.24) is 0 Å². The fourth-order valence-corrected chi connectivity index (χ4v) is 3.79. The molecule has 0 unspecified atom stereocenters. The van der Waals surface area contributed by atoms with E-state index >= 15 is 0 Å². The van der Waals surface area contributed by atoms with Gasteiger partial charge in [0.25, 0.3) is 0 Å². The maximum atomic E-state index is 4.63. The Bertz CT molecular complexity index is 548. The molecule has 0 aromatic heterocycles. The van der Waals surface area contributed by atoms with Gasteiger partial charge in [-0.1, -0.05) is 0 Å². The van der Waals surface area contributed by atoms with Gasteiger partial charge in [0.1, 0.15) is 0 Å². The second-order valence-electron chi connectivity index (χ2n) is 3.20. The molecule has 0 saturated carbocycles. The number of rotatable bonds is 0. The van der Waals surface area contributed by atoms with E-state index in [9.17, 15) is 0 Å². The molecule has 1 nitrogen and oxygen atoms in total. The van der Waals surface area contributed by atoms with Gasteiger partial charge < -0.3 is 0 Å². The van der Waals surface area contributed by atoms with E-state index in [1.165, 1.54) is 8.30 Å². The number of fused-ring (bicyclic) bond motifs is 2. The Kier molecular flexibility index (Phi) is 1.85. The fraction of sp³-hybridized carbons (Fsp3) is 0. The molecule has 0 spiro atoms. The second kappa shape index (κ2) is 3.18. The van der Waals surface area contributed by atoms with E-state index in [2.05, 4.69) is 53.5 Å².